The minimum absolute atomic E-state index is 0.0496. The minimum Gasteiger partial charge on any atom is -0.494 e. The molecule has 0 bridgehead atoms. The van der Waals surface area contributed by atoms with Crippen molar-refractivity contribution < 1.29 is 23.7 Å². The lowest BCUT2D eigenvalue weighted by Crippen LogP contribution is -2.55. The van der Waals surface area contributed by atoms with E-state index in [1.807, 2.05) is 48.5 Å². The van der Waals surface area contributed by atoms with Gasteiger partial charge in [0.2, 0.25) is 23.7 Å². The van der Waals surface area contributed by atoms with E-state index in [1.165, 1.54) is 6.20 Å². The Labute approximate surface area is 368 Å². The molecule has 4 aliphatic heterocycles. The zero-order valence-corrected chi connectivity index (χ0v) is 37.3. The largest absolute Gasteiger partial charge is 0.494 e. The van der Waals surface area contributed by atoms with E-state index < -0.39 is 13.2 Å². The number of aromatic nitrogens is 2. The summed E-state index contributed by atoms with van der Waals surface area (Å²) in [5.41, 5.74) is 4.45. The van der Waals surface area contributed by atoms with Crippen molar-refractivity contribution in [3.8, 4) is 5.75 Å². The van der Waals surface area contributed by atoms with E-state index in [0.29, 0.717) is 53.0 Å². The summed E-state index contributed by atoms with van der Waals surface area (Å²) in [5, 5.41) is 13.2. The number of piperidine rings is 3. The molecule has 3 aromatic carbocycles. The number of hydrogen-bond donors (Lipinski definition) is 4. The normalized spacial score (nSPS) is 19.5. The van der Waals surface area contributed by atoms with Crippen molar-refractivity contribution in [3.05, 3.63) is 77.9 Å². The Morgan fingerprint density at radius 2 is 1.50 bits per heavy atom. The number of methoxy groups -OCH3 is 1. The molecule has 3 amide bonds. The number of para-hydroxylation sites is 1. The van der Waals surface area contributed by atoms with Gasteiger partial charge in [0, 0.05) is 99.2 Å². The van der Waals surface area contributed by atoms with E-state index in [1.54, 1.807) is 20.4 Å². The summed E-state index contributed by atoms with van der Waals surface area (Å²) >= 11 is 6.49. The second-order valence-electron chi connectivity index (χ2n) is 16.9. The summed E-state index contributed by atoms with van der Waals surface area (Å²) in [6.07, 6.45) is 6.13. The number of ether oxygens (including phenoxy) is 1. The van der Waals surface area contributed by atoms with Crippen molar-refractivity contribution >= 4 is 82.0 Å². The molecule has 328 valence electrons. The molecule has 4 N–H and O–H groups in total. The zero-order valence-electron chi connectivity index (χ0n) is 35.6. The van der Waals surface area contributed by atoms with Crippen LogP contribution in [-0.2, 0) is 18.9 Å². The minimum atomic E-state index is -2.55. The van der Waals surface area contributed by atoms with E-state index in [9.17, 15) is 18.9 Å². The van der Waals surface area contributed by atoms with Crippen molar-refractivity contribution in [2.75, 3.05) is 98.5 Å². The monoisotopic (exact) mass is 882 g/mol. The zero-order chi connectivity index (χ0) is 43.4. The molecule has 4 aliphatic rings. The first-order valence-corrected chi connectivity index (χ1v) is 24.5. The molecule has 15 nitrogen and oxygen atoms in total. The highest BCUT2D eigenvalue weighted by molar-refractivity contribution is 7.70. The Balaban J connectivity index is 0.782. The van der Waals surface area contributed by atoms with Crippen LogP contribution < -0.4 is 41.1 Å². The summed E-state index contributed by atoms with van der Waals surface area (Å²) in [6, 6.07) is 21.7. The number of carbonyl (C=O) groups is 3. The van der Waals surface area contributed by atoms with Crippen LogP contribution in [0.1, 0.15) is 38.5 Å². The molecule has 5 heterocycles. The van der Waals surface area contributed by atoms with Crippen LogP contribution in [0.4, 0.5) is 40.2 Å². The average Bonchev–Trinajstić information content (AvgIpc) is 3.28. The average molecular weight is 883 g/mol. The fourth-order valence-corrected chi connectivity index (χ4v) is 10.3. The van der Waals surface area contributed by atoms with Crippen LogP contribution in [0.5, 0.6) is 5.75 Å². The predicted octanol–water partition coefficient (Wildman–Crippen LogP) is 6.12. The number of carbonyl (C=O) groups excluding carboxylic acids is 3. The SMILES string of the molecule is COc1cc(N2CCC(N3CCN(C(=O)C4CCN(c5ccc(NC6CCC(=O)NC6=O)cc5)CC4)CC3)CC2)ccc1Nc1ncc(Cl)c(Nc2ccccc2P(C)(C)=O)n1. The molecule has 0 radical (unpaired) electrons. The molecule has 4 saturated heterocycles. The first-order valence-electron chi connectivity index (χ1n) is 21.5. The predicted molar refractivity (Wildman–Crippen MR) is 247 cm³/mol. The van der Waals surface area contributed by atoms with Crippen LogP contribution in [0.2, 0.25) is 5.02 Å². The van der Waals surface area contributed by atoms with Gasteiger partial charge in [0.25, 0.3) is 0 Å². The van der Waals surface area contributed by atoms with Crippen LogP contribution >= 0.6 is 18.7 Å². The number of hydrogen-bond acceptors (Lipinski definition) is 13. The van der Waals surface area contributed by atoms with E-state index >= 15 is 0 Å². The highest BCUT2D eigenvalue weighted by Crippen LogP contribution is 2.39. The first kappa shape index (κ1) is 43.3. The molecule has 1 aromatic heterocycles. The molecule has 17 heteroatoms. The van der Waals surface area contributed by atoms with Gasteiger partial charge in [-0.2, -0.15) is 4.98 Å². The molecule has 1 atom stereocenters. The highest BCUT2D eigenvalue weighted by Gasteiger charge is 2.33. The van der Waals surface area contributed by atoms with Gasteiger partial charge in [-0.3, -0.25) is 24.6 Å². The van der Waals surface area contributed by atoms with Crippen LogP contribution in [0.15, 0.2) is 72.9 Å². The molecular weight excluding hydrogens is 827 g/mol. The van der Waals surface area contributed by atoms with Crippen molar-refractivity contribution in [3.63, 3.8) is 0 Å². The van der Waals surface area contributed by atoms with Crippen LogP contribution in [0.25, 0.3) is 0 Å². The number of nitrogens with one attached hydrogen (secondary N) is 4. The smallest absolute Gasteiger partial charge is 0.249 e. The van der Waals surface area contributed by atoms with Gasteiger partial charge in [-0.25, -0.2) is 4.98 Å². The maximum Gasteiger partial charge on any atom is 0.249 e. The third-order valence-corrected chi connectivity index (χ3v) is 14.4. The maximum absolute atomic E-state index is 13.7. The molecule has 1 unspecified atom stereocenters. The van der Waals surface area contributed by atoms with Crippen molar-refractivity contribution in [1.82, 2.24) is 25.1 Å². The Kier molecular flexibility index (Phi) is 13.2. The van der Waals surface area contributed by atoms with Gasteiger partial charge in [-0.15, -0.1) is 0 Å². The third-order valence-electron chi connectivity index (χ3n) is 12.5. The lowest BCUT2D eigenvalue weighted by Gasteiger charge is -2.44. The van der Waals surface area contributed by atoms with Crippen molar-refractivity contribution in [1.29, 1.82) is 0 Å². The molecule has 4 aromatic rings. The van der Waals surface area contributed by atoms with Gasteiger partial charge in [0.1, 0.15) is 24.0 Å². The van der Waals surface area contributed by atoms with Gasteiger partial charge in [-0.05, 0) is 94.0 Å². The van der Waals surface area contributed by atoms with Crippen LogP contribution in [0.3, 0.4) is 0 Å². The Morgan fingerprint density at radius 3 is 2.19 bits per heavy atom. The van der Waals surface area contributed by atoms with Crippen LogP contribution in [-0.4, -0.2) is 122 Å². The third kappa shape index (κ3) is 10.1. The fraction of sp³-hybridized carbons (Fsp3) is 0.444. The molecular formula is C45H56ClN10O5P. The van der Waals surface area contributed by atoms with Crippen LogP contribution in [0, 0.1) is 5.92 Å². The van der Waals surface area contributed by atoms with E-state index in [4.69, 9.17) is 16.3 Å². The summed E-state index contributed by atoms with van der Waals surface area (Å²) < 4.78 is 18.7. The Morgan fingerprint density at radius 1 is 0.823 bits per heavy atom. The second kappa shape index (κ2) is 18.9. The number of halogens is 1. The number of imide groups is 1. The van der Waals surface area contributed by atoms with Gasteiger partial charge < -0.3 is 40.0 Å². The van der Waals surface area contributed by atoms with E-state index in [2.05, 4.69) is 69.0 Å². The molecule has 0 aliphatic carbocycles. The molecule has 0 spiro atoms. The summed E-state index contributed by atoms with van der Waals surface area (Å²) in [6.45, 7) is 10.3. The molecule has 0 saturated carbocycles. The highest BCUT2D eigenvalue weighted by atomic mass is 35.5. The molecule has 4 fully saturated rings. The quantitative estimate of drug-likeness (QED) is 0.0952. The Bertz CT molecular complexity index is 2300. The summed E-state index contributed by atoms with van der Waals surface area (Å²) in [5.74, 6) is 1.25. The molecule has 62 heavy (non-hydrogen) atoms. The topological polar surface area (TPSA) is 164 Å². The van der Waals surface area contributed by atoms with Gasteiger partial charge in [0.15, 0.2) is 5.82 Å². The number of amides is 3. The first-order chi connectivity index (χ1) is 29.9. The van der Waals surface area contributed by atoms with Crippen molar-refractivity contribution in [2.24, 2.45) is 5.92 Å². The number of rotatable bonds is 12. The van der Waals surface area contributed by atoms with E-state index in [0.717, 1.165) is 106 Å². The summed E-state index contributed by atoms with van der Waals surface area (Å²) in [7, 11) is -0.900. The summed E-state index contributed by atoms with van der Waals surface area (Å²) in [4.78, 5) is 55.7. The lowest BCUT2D eigenvalue weighted by atomic mass is 9.94. The fourth-order valence-electron chi connectivity index (χ4n) is 9.03. The number of nitrogens with zero attached hydrogens (tertiary/aromatic N) is 6. The van der Waals surface area contributed by atoms with E-state index in [-0.39, 0.29) is 17.7 Å². The maximum atomic E-state index is 13.7. The second-order valence-corrected chi connectivity index (χ2v) is 20.5. The Hall–Kier alpha value is -5.37. The lowest BCUT2D eigenvalue weighted by molar-refractivity contribution is -0.138. The van der Waals surface area contributed by atoms with Crippen molar-refractivity contribution in [2.45, 2.75) is 50.6 Å². The number of piperazine rings is 1. The molecule has 8 rings (SSSR count). The van der Waals surface area contributed by atoms with Gasteiger partial charge in [-0.1, -0.05) is 23.7 Å². The van der Waals surface area contributed by atoms with Gasteiger partial charge in [0.05, 0.1) is 24.7 Å². The number of benzene rings is 3. The number of anilines is 7. The van der Waals surface area contributed by atoms with Gasteiger partial charge >= 0.3 is 0 Å². The standard InChI is InChI=1S/C45H56ClN10O5P/c1-61-39-28-34(12-13-36(39)50-45-47-29-35(46)42(52-45)49-37-6-4-5-7-40(37)62(2,3)60)54-22-18-33(19-23-54)55-24-26-56(27-25-55)44(59)30-16-20-53(21-17-30)32-10-8-31(9-11-32)48-38-14-15-41(57)51-43(38)58/h4-13,28-30,33,38,48H,14-27H2,1-3H3,(H,51,57,58)(H2,47,49,50,52).